The molecular formula is C11H20N4. The fourth-order valence-electron chi connectivity index (χ4n) is 1.16. The largest absolute Gasteiger partial charge is 0.363 e. The molecule has 84 valence electrons. The van der Waals surface area contributed by atoms with Crippen LogP contribution in [-0.2, 0) is 0 Å². The first kappa shape index (κ1) is 11.8. The minimum absolute atomic E-state index is 0.703. The van der Waals surface area contributed by atoms with E-state index in [1.807, 2.05) is 25.1 Å². The van der Waals surface area contributed by atoms with Crippen LogP contribution in [0.1, 0.15) is 20.3 Å². The van der Waals surface area contributed by atoms with Crippen LogP contribution in [0, 0.1) is 5.92 Å². The smallest absolute Gasteiger partial charge is 0.224 e. The fraction of sp³-hybridized carbons (Fsp3) is 0.636. The molecule has 0 aliphatic heterocycles. The molecule has 0 radical (unpaired) electrons. The second-order valence-corrected chi connectivity index (χ2v) is 4.24. The van der Waals surface area contributed by atoms with Crippen LogP contribution in [0.25, 0.3) is 0 Å². The number of nitrogens with one attached hydrogen (secondary N) is 1. The number of hydrogen-bond acceptors (Lipinski definition) is 4. The van der Waals surface area contributed by atoms with Crippen LogP contribution in [0.4, 0.5) is 11.8 Å². The topological polar surface area (TPSA) is 41.1 Å². The minimum Gasteiger partial charge on any atom is -0.363 e. The first-order valence-corrected chi connectivity index (χ1v) is 5.34. The Labute approximate surface area is 91.7 Å². The van der Waals surface area contributed by atoms with E-state index in [1.165, 1.54) is 0 Å². The molecule has 15 heavy (non-hydrogen) atoms. The molecule has 1 N–H and O–H groups in total. The number of aromatic nitrogens is 2. The summed E-state index contributed by atoms with van der Waals surface area (Å²) >= 11 is 0. The van der Waals surface area contributed by atoms with Crippen LogP contribution in [0.15, 0.2) is 12.3 Å². The molecule has 0 atom stereocenters. The standard InChI is InChI=1S/C11H20N4/c1-9(2)5-7-12-11-13-8-6-10(14-11)15(3)4/h6,8-9H,5,7H2,1-4H3,(H,12,13,14). The maximum atomic E-state index is 4.37. The van der Waals surface area contributed by atoms with E-state index in [4.69, 9.17) is 0 Å². The Morgan fingerprint density at radius 2 is 2.13 bits per heavy atom. The SMILES string of the molecule is CC(C)CCNc1nccc(N(C)C)n1. The van der Waals surface area contributed by atoms with Crippen LogP contribution in [0.2, 0.25) is 0 Å². The first-order valence-electron chi connectivity index (χ1n) is 5.34. The molecule has 0 aromatic carbocycles. The zero-order valence-corrected chi connectivity index (χ0v) is 9.99. The van der Waals surface area contributed by atoms with Gasteiger partial charge in [-0.3, -0.25) is 0 Å². The second kappa shape index (κ2) is 5.53. The molecule has 0 bridgehead atoms. The molecule has 0 fully saturated rings. The molecule has 0 aliphatic carbocycles. The Kier molecular flexibility index (Phi) is 4.34. The van der Waals surface area contributed by atoms with Crippen molar-refractivity contribution in [2.24, 2.45) is 5.92 Å². The molecule has 0 saturated carbocycles. The fourth-order valence-corrected chi connectivity index (χ4v) is 1.16. The van der Waals surface area contributed by atoms with E-state index in [2.05, 4.69) is 29.1 Å². The maximum absolute atomic E-state index is 4.37. The summed E-state index contributed by atoms with van der Waals surface area (Å²) in [6, 6.07) is 1.90. The van der Waals surface area contributed by atoms with Crippen molar-refractivity contribution in [2.45, 2.75) is 20.3 Å². The van der Waals surface area contributed by atoms with Crippen LogP contribution < -0.4 is 10.2 Å². The lowest BCUT2D eigenvalue weighted by Gasteiger charge is -2.12. The van der Waals surface area contributed by atoms with Crippen molar-refractivity contribution in [1.29, 1.82) is 0 Å². The Morgan fingerprint density at radius 1 is 1.40 bits per heavy atom. The van der Waals surface area contributed by atoms with Gasteiger partial charge in [0.15, 0.2) is 0 Å². The highest BCUT2D eigenvalue weighted by Gasteiger charge is 2.00. The molecule has 0 saturated heterocycles. The van der Waals surface area contributed by atoms with Gasteiger partial charge in [-0.2, -0.15) is 4.98 Å². The number of anilines is 2. The van der Waals surface area contributed by atoms with Crippen LogP contribution in [0.3, 0.4) is 0 Å². The third-order valence-corrected chi connectivity index (χ3v) is 2.10. The average Bonchev–Trinajstić information content (AvgIpc) is 2.17. The van der Waals surface area contributed by atoms with E-state index in [9.17, 15) is 0 Å². The summed E-state index contributed by atoms with van der Waals surface area (Å²) in [5, 5.41) is 3.22. The molecular weight excluding hydrogens is 188 g/mol. The summed E-state index contributed by atoms with van der Waals surface area (Å²) in [6.07, 6.45) is 2.91. The van der Waals surface area contributed by atoms with Crippen molar-refractivity contribution in [3.05, 3.63) is 12.3 Å². The zero-order valence-electron chi connectivity index (χ0n) is 9.99. The molecule has 1 rings (SSSR count). The summed E-state index contributed by atoms with van der Waals surface area (Å²) in [7, 11) is 3.94. The number of hydrogen-bond donors (Lipinski definition) is 1. The van der Waals surface area contributed by atoms with E-state index < -0.39 is 0 Å². The van der Waals surface area contributed by atoms with Crippen molar-refractivity contribution < 1.29 is 0 Å². The average molecular weight is 208 g/mol. The quantitative estimate of drug-likeness (QED) is 0.803. The summed E-state index contributed by atoms with van der Waals surface area (Å²) in [6.45, 7) is 5.34. The highest BCUT2D eigenvalue weighted by atomic mass is 15.2. The normalized spacial score (nSPS) is 10.5. The molecule has 1 heterocycles. The van der Waals surface area contributed by atoms with Gasteiger partial charge in [0, 0.05) is 26.8 Å². The van der Waals surface area contributed by atoms with Gasteiger partial charge < -0.3 is 10.2 Å². The zero-order chi connectivity index (χ0) is 11.3. The van der Waals surface area contributed by atoms with Gasteiger partial charge in [-0.05, 0) is 18.4 Å². The van der Waals surface area contributed by atoms with Crippen molar-refractivity contribution in [1.82, 2.24) is 9.97 Å². The van der Waals surface area contributed by atoms with Crippen LogP contribution in [-0.4, -0.2) is 30.6 Å². The first-order chi connectivity index (χ1) is 7.09. The van der Waals surface area contributed by atoms with Crippen molar-refractivity contribution in [3.63, 3.8) is 0 Å². The van der Waals surface area contributed by atoms with Crippen molar-refractivity contribution >= 4 is 11.8 Å². The van der Waals surface area contributed by atoms with Crippen molar-refractivity contribution in [2.75, 3.05) is 30.9 Å². The molecule has 0 spiro atoms. The van der Waals surface area contributed by atoms with E-state index in [0.717, 1.165) is 18.8 Å². The molecule has 1 aromatic rings. The second-order valence-electron chi connectivity index (χ2n) is 4.24. The Balaban J connectivity index is 2.50. The van der Waals surface area contributed by atoms with Gasteiger partial charge in [-0.1, -0.05) is 13.8 Å². The summed E-state index contributed by atoms with van der Waals surface area (Å²) < 4.78 is 0. The Morgan fingerprint density at radius 3 is 2.73 bits per heavy atom. The highest BCUT2D eigenvalue weighted by molar-refractivity contribution is 5.40. The third-order valence-electron chi connectivity index (χ3n) is 2.10. The van der Waals surface area contributed by atoms with E-state index in [0.29, 0.717) is 11.9 Å². The van der Waals surface area contributed by atoms with E-state index in [1.54, 1.807) is 6.20 Å². The predicted octanol–water partition coefficient (Wildman–Crippen LogP) is 2.00. The number of nitrogens with zero attached hydrogens (tertiary/aromatic N) is 3. The molecule has 0 amide bonds. The monoisotopic (exact) mass is 208 g/mol. The van der Waals surface area contributed by atoms with Gasteiger partial charge in [0.2, 0.25) is 5.95 Å². The van der Waals surface area contributed by atoms with Crippen LogP contribution >= 0.6 is 0 Å². The lowest BCUT2D eigenvalue weighted by molar-refractivity contribution is 0.606. The van der Waals surface area contributed by atoms with Gasteiger partial charge >= 0.3 is 0 Å². The van der Waals surface area contributed by atoms with Crippen molar-refractivity contribution in [3.8, 4) is 0 Å². The molecule has 1 aromatic heterocycles. The summed E-state index contributed by atoms with van der Waals surface area (Å²) in [5.41, 5.74) is 0. The van der Waals surface area contributed by atoms with Gasteiger partial charge in [0.1, 0.15) is 5.82 Å². The summed E-state index contributed by atoms with van der Waals surface area (Å²) in [5.74, 6) is 2.34. The molecule has 0 aliphatic rings. The van der Waals surface area contributed by atoms with Gasteiger partial charge in [-0.15, -0.1) is 0 Å². The Bertz CT molecular complexity index is 296. The molecule has 4 nitrogen and oxygen atoms in total. The Hall–Kier alpha value is -1.32. The predicted molar refractivity (Wildman–Crippen MR) is 64.3 cm³/mol. The molecule has 4 heteroatoms. The maximum Gasteiger partial charge on any atom is 0.224 e. The summed E-state index contributed by atoms with van der Waals surface area (Å²) in [4.78, 5) is 10.5. The van der Waals surface area contributed by atoms with E-state index in [-0.39, 0.29) is 0 Å². The highest BCUT2D eigenvalue weighted by Crippen LogP contribution is 2.08. The van der Waals surface area contributed by atoms with E-state index >= 15 is 0 Å². The molecule has 0 unspecified atom stereocenters. The lowest BCUT2D eigenvalue weighted by atomic mass is 10.1. The third kappa shape index (κ3) is 4.14. The van der Waals surface area contributed by atoms with Gasteiger partial charge in [0.25, 0.3) is 0 Å². The van der Waals surface area contributed by atoms with Crippen LogP contribution in [0.5, 0.6) is 0 Å². The van der Waals surface area contributed by atoms with Gasteiger partial charge in [0.05, 0.1) is 0 Å². The minimum atomic E-state index is 0.703. The van der Waals surface area contributed by atoms with Gasteiger partial charge in [-0.25, -0.2) is 4.98 Å². The number of rotatable bonds is 5. The lowest BCUT2D eigenvalue weighted by Crippen LogP contribution is -2.13.